The van der Waals surface area contributed by atoms with Crippen molar-refractivity contribution in [3.8, 4) is 5.75 Å². The number of hydrogen-bond acceptors (Lipinski definition) is 6. The number of amides is 1. The van der Waals surface area contributed by atoms with E-state index < -0.39 is 15.4 Å². The van der Waals surface area contributed by atoms with E-state index in [0.717, 1.165) is 24.5 Å². The molecule has 0 radical (unpaired) electrons. The number of nitrogens with one attached hydrogen (secondary N) is 1. The lowest BCUT2D eigenvalue weighted by atomic mass is 9.84. The molecule has 1 saturated heterocycles. The van der Waals surface area contributed by atoms with Gasteiger partial charge in [-0.1, -0.05) is 38.1 Å². The summed E-state index contributed by atoms with van der Waals surface area (Å²) in [5.74, 6) is 1.27. The fourth-order valence-corrected chi connectivity index (χ4v) is 5.51. The molecule has 176 valence electrons. The molecule has 2 aromatic carbocycles. The van der Waals surface area contributed by atoms with Gasteiger partial charge < -0.3 is 19.9 Å². The van der Waals surface area contributed by atoms with E-state index in [0.29, 0.717) is 37.5 Å². The fraction of sp³-hybridized carbons (Fsp3) is 0.417. The van der Waals surface area contributed by atoms with Crippen LogP contribution in [0.2, 0.25) is 0 Å². The number of sulfonamides is 1. The molecule has 2 aliphatic heterocycles. The summed E-state index contributed by atoms with van der Waals surface area (Å²) in [5, 5.41) is 3.12. The largest absolute Gasteiger partial charge is 0.495 e. The molecule has 1 fully saturated rings. The van der Waals surface area contributed by atoms with Crippen molar-refractivity contribution < 1.29 is 17.9 Å². The Morgan fingerprint density at radius 2 is 1.73 bits per heavy atom. The van der Waals surface area contributed by atoms with Gasteiger partial charge in [0.25, 0.3) is 10.0 Å². The van der Waals surface area contributed by atoms with Gasteiger partial charge in [-0.15, -0.1) is 4.40 Å². The minimum Gasteiger partial charge on any atom is -0.495 e. The Bertz CT molecular complexity index is 1170. The Balaban J connectivity index is 1.36. The van der Waals surface area contributed by atoms with E-state index in [4.69, 9.17) is 4.74 Å². The minimum atomic E-state index is -3.74. The number of carbonyl (C=O) groups is 1. The maximum atomic E-state index is 13.1. The molecule has 2 aromatic rings. The number of fused-ring (bicyclic) bond motifs is 1. The number of carbonyl (C=O) groups excluding carboxylic acids is 1. The zero-order valence-electron chi connectivity index (χ0n) is 19.2. The molecule has 2 heterocycles. The molecule has 2 aliphatic rings. The first-order chi connectivity index (χ1) is 15.7. The van der Waals surface area contributed by atoms with Gasteiger partial charge >= 0.3 is 0 Å². The number of hydrogen-bond donors (Lipinski definition) is 1. The van der Waals surface area contributed by atoms with Gasteiger partial charge in [0, 0.05) is 39.0 Å². The lowest BCUT2D eigenvalue weighted by molar-refractivity contribution is -0.133. The predicted molar refractivity (Wildman–Crippen MR) is 129 cm³/mol. The van der Waals surface area contributed by atoms with Crippen molar-refractivity contribution in [3.05, 3.63) is 48.5 Å². The zero-order chi connectivity index (χ0) is 23.6. The number of methoxy groups -OCH3 is 1. The van der Waals surface area contributed by atoms with E-state index in [-0.39, 0.29) is 10.8 Å². The first kappa shape index (κ1) is 23.1. The van der Waals surface area contributed by atoms with Gasteiger partial charge in [-0.3, -0.25) is 4.79 Å². The number of para-hydroxylation sites is 3. The summed E-state index contributed by atoms with van der Waals surface area (Å²) in [6.07, 6.45) is 0.664. The Morgan fingerprint density at radius 3 is 2.45 bits per heavy atom. The van der Waals surface area contributed by atoms with Crippen LogP contribution in [0.3, 0.4) is 0 Å². The summed E-state index contributed by atoms with van der Waals surface area (Å²) < 4.78 is 34.5. The first-order valence-electron chi connectivity index (χ1n) is 11.0. The Morgan fingerprint density at radius 1 is 1.06 bits per heavy atom. The van der Waals surface area contributed by atoms with E-state index in [9.17, 15) is 13.2 Å². The van der Waals surface area contributed by atoms with Crippen LogP contribution in [-0.4, -0.2) is 58.3 Å². The fourth-order valence-electron chi connectivity index (χ4n) is 4.37. The molecule has 0 aromatic heterocycles. The molecule has 0 spiro atoms. The number of nitrogens with zero attached hydrogens (tertiary/aromatic N) is 3. The normalized spacial score (nSPS) is 17.6. The summed E-state index contributed by atoms with van der Waals surface area (Å²) in [7, 11) is -2.07. The van der Waals surface area contributed by atoms with E-state index in [1.807, 2.05) is 43.0 Å². The maximum absolute atomic E-state index is 13.1. The van der Waals surface area contributed by atoms with Gasteiger partial charge in [0.1, 0.15) is 16.5 Å². The molecule has 0 saturated carbocycles. The topological polar surface area (TPSA) is 91.3 Å². The molecule has 0 unspecified atom stereocenters. The summed E-state index contributed by atoms with van der Waals surface area (Å²) in [4.78, 5) is 17.3. The molecule has 33 heavy (non-hydrogen) atoms. The van der Waals surface area contributed by atoms with Crippen LogP contribution in [0.5, 0.6) is 5.75 Å². The van der Waals surface area contributed by atoms with Gasteiger partial charge in [-0.05, 0) is 29.7 Å². The SMILES string of the molecule is COc1ccccc1N1CCN(C(=O)CC(C)(C)CC2=NS(=O)(=O)c3ccccc3N2)CC1. The lowest BCUT2D eigenvalue weighted by Crippen LogP contribution is -2.49. The highest BCUT2D eigenvalue weighted by molar-refractivity contribution is 7.90. The van der Waals surface area contributed by atoms with Gasteiger partial charge in [0.15, 0.2) is 0 Å². The third-order valence-electron chi connectivity index (χ3n) is 6.01. The average molecular weight is 471 g/mol. The van der Waals surface area contributed by atoms with E-state index in [1.165, 1.54) is 6.07 Å². The smallest absolute Gasteiger partial charge is 0.286 e. The van der Waals surface area contributed by atoms with E-state index >= 15 is 0 Å². The van der Waals surface area contributed by atoms with Gasteiger partial charge in [-0.25, -0.2) is 0 Å². The summed E-state index contributed by atoms with van der Waals surface area (Å²) in [6.45, 7) is 6.66. The molecule has 8 nitrogen and oxygen atoms in total. The Hall–Kier alpha value is -3.07. The number of ether oxygens (including phenoxy) is 1. The van der Waals surface area contributed by atoms with Crippen molar-refractivity contribution in [2.75, 3.05) is 43.5 Å². The minimum absolute atomic E-state index is 0.0688. The Kier molecular flexibility index (Phi) is 6.34. The van der Waals surface area contributed by atoms with Crippen molar-refractivity contribution in [3.63, 3.8) is 0 Å². The summed E-state index contributed by atoms with van der Waals surface area (Å²) in [5.41, 5.74) is 1.11. The van der Waals surface area contributed by atoms with Crippen LogP contribution in [0, 0.1) is 5.41 Å². The number of rotatable bonds is 6. The van der Waals surface area contributed by atoms with E-state index in [2.05, 4.69) is 14.6 Å². The zero-order valence-corrected chi connectivity index (χ0v) is 20.1. The van der Waals surface area contributed by atoms with Gasteiger partial charge in [0.05, 0.1) is 18.5 Å². The molecule has 0 atom stereocenters. The number of anilines is 2. The standard InChI is InChI=1S/C24H30N4O4S/c1-24(2,16-22-25-18-8-4-7-11-21(18)33(30,31)26-22)17-23(29)28-14-12-27(13-15-28)19-9-5-6-10-20(19)32-3/h4-11H,12-17H2,1-3H3,(H,25,26). The number of amidine groups is 1. The first-order valence-corrected chi connectivity index (χ1v) is 12.5. The van der Waals surface area contributed by atoms with Crippen LogP contribution in [-0.2, 0) is 14.8 Å². The quantitative estimate of drug-likeness (QED) is 0.696. The Labute approximate surface area is 195 Å². The predicted octanol–water partition coefficient (Wildman–Crippen LogP) is 3.36. The molecule has 0 bridgehead atoms. The summed E-state index contributed by atoms with van der Waals surface area (Å²) in [6, 6.07) is 14.6. The summed E-state index contributed by atoms with van der Waals surface area (Å²) >= 11 is 0. The number of benzene rings is 2. The second-order valence-electron chi connectivity index (χ2n) is 9.19. The van der Waals surface area contributed by atoms with Crippen LogP contribution in [0.1, 0.15) is 26.7 Å². The van der Waals surface area contributed by atoms with Crippen molar-refractivity contribution in [1.82, 2.24) is 4.90 Å². The monoisotopic (exact) mass is 470 g/mol. The molecule has 1 amide bonds. The highest BCUT2D eigenvalue weighted by Gasteiger charge is 2.32. The van der Waals surface area contributed by atoms with Gasteiger partial charge in [0.2, 0.25) is 5.91 Å². The molecular formula is C24H30N4O4S. The third-order valence-corrected chi connectivity index (χ3v) is 7.38. The van der Waals surface area contributed by atoms with Crippen molar-refractivity contribution in [2.24, 2.45) is 9.81 Å². The third kappa shape index (κ3) is 5.13. The lowest BCUT2D eigenvalue weighted by Gasteiger charge is -2.38. The van der Waals surface area contributed by atoms with Crippen LogP contribution >= 0.6 is 0 Å². The van der Waals surface area contributed by atoms with Crippen LogP contribution in [0.4, 0.5) is 11.4 Å². The number of piperazine rings is 1. The van der Waals surface area contributed by atoms with Crippen LogP contribution in [0.25, 0.3) is 0 Å². The van der Waals surface area contributed by atoms with Crippen LogP contribution in [0.15, 0.2) is 57.8 Å². The second-order valence-corrected chi connectivity index (χ2v) is 10.8. The molecule has 1 N–H and O–H groups in total. The highest BCUT2D eigenvalue weighted by atomic mass is 32.2. The molecular weight excluding hydrogens is 440 g/mol. The molecule has 9 heteroatoms. The van der Waals surface area contributed by atoms with Crippen LogP contribution < -0.4 is 15.0 Å². The second kappa shape index (κ2) is 9.05. The highest BCUT2D eigenvalue weighted by Crippen LogP contribution is 2.33. The molecule has 0 aliphatic carbocycles. The van der Waals surface area contributed by atoms with Gasteiger partial charge in [-0.2, -0.15) is 8.42 Å². The average Bonchev–Trinajstić information content (AvgIpc) is 2.78. The van der Waals surface area contributed by atoms with E-state index in [1.54, 1.807) is 25.3 Å². The van der Waals surface area contributed by atoms with Crippen molar-refractivity contribution in [1.29, 1.82) is 0 Å². The molecule has 4 rings (SSSR count). The van der Waals surface area contributed by atoms with Crippen molar-refractivity contribution >= 4 is 33.1 Å². The van der Waals surface area contributed by atoms with Crippen molar-refractivity contribution in [2.45, 2.75) is 31.6 Å². The maximum Gasteiger partial charge on any atom is 0.286 e.